The molecule has 9 heteroatoms. The van der Waals surface area contributed by atoms with E-state index in [4.69, 9.17) is 14.7 Å². The summed E-state index contributed by atoms with van der Waals surface area (Å²) in [5, 5.41) is 12.3. The maximum absolute atomic E-state index is 12.7. The maximum Gasteiger partial charge on any atom is 0.324 e. The predicted octanol–water partition coefficient (Wildman–Crippen LogP) is 5.14. The molecule has 3 aliphatic heterocycles. The Morgan fingerprint density at radius 3 is 2.70 bits per heavy atom. The van der Waals surface area contributed by atoms with Crippen LogP contribution in [0.2, 0.25) is 0 Å². The molecule has 232 valence electrons. The molecule has 1 fully saturated rings. The highest BCUT2D eigenvalue weighted by Gasteiger charge is 2.38. The van der Waals surface area contributed by atoms with E-state index >= 15 is 0 Å². The molecule has 1 amide bonds. The number of rotatable bonds is 6. The van der Waals surface area contributed by atoms with Gasteiger partial charge in [0.2, 0.25) is 5.91 Å². The van der Waals surface area contributed by atoms with Gasteiger partial charge in [0.05, 0.1) is 24.2 Å². The lowest BCUT2D eigenvalue weighted by Crippen LogP contribution is -2.55. The number of fused-ring (bicyclic) bond motifs is 2. The monoisotopic (exact) mass is 611 g/mol. The third kappa shape index (κ3) is 4.89. The molecule has 0 N–H and O–H groups in total. The number of anilines is 1. The van der Waals surface area contributed by atoms with Crippen LogP contribution < -0.4 is 9.64 Å². The number of likely N-dealkylation sites (N-methyl/N-ethyl adjacent to an activating group) is 1. The van der Waals surface area contributed by atoms with Gasteiger partial charge in [-0.1, -0.05) is 55.1 Å². The predicted molar refractivity (Wildman–Crippen MR) is 176 cm³/mol. The molecule has 0 spiro atoms. The Morgan fingerprint density at radius 1 is 1.02 bits per heavy atom. The zero-order valence-corrected chi connectivity index (χ0v) is 26.2. The van der Waals surface area contributed by atoms with Crippen LogP contribution in [0.5, 0.6) is 11.8 Å². The minimum atomic E-state index is -0.253. The summed E-state index contributed by atoms with van der Waals surface area (Å²) in [5.41, 5.74) is 7.34. The Morgan fingerprint density at radius 2 is 1.85 bits per heavy atom. The molecule has 1 saturated heterocycles. The highest BCUT2D eigenvalue weighted by Crippen LogP contribution is 2.44. The zero-order valence-electron chi connectivity index (χ0n) is 26.2. The first kappa shape index (κ1) is 28.7. The molecule has 9 nitrogen and oxygen atoms in total. The van der Waals surface area contributed by atoms with Crippen molar-refractivity contribution in [2.75, 3.05) is 38.1 Å². The summed E-state index contributed by atoms with van der Waals surface area (Å²) in [7, 11) is 2.14. The lowest BCUT2D eigenvalue weighted by Gasteiger charge is -2.41. The molecule has 1 aliphatic carbocycles. The van der Waals surface area contributed by atoms with Crippen molar-refractivity contribution < 1.29 is 9.53 Å². The van der Waals surface area contributed by atoms with Crippen LogP contribution in [0, 0.1) is 11.3 Å². The minimum absolute atomic E-state index is 0.141. The van der Waals surface area contributed by atoms with Crippen molar-refractivity contribution in [3.05, 3.63) is 101 Å². The summed E-state index contributed by atoms with van der Waals surface area (Å²) >= 11 is 0. The number of nitriles is 1. The van der Waals surface area contributed by atoms with Crippen molar-refractivity contribution in [2.24, 2.45) is 0 Å². The molecule has 8 rings (SSSR count). The zero-order chi connectivity index (χ0) is 31.4. The van der Waals surface area contributed by atoms with Crippen LogP contribution in [0.4, 0.5) is 5.82 Å². The number of benzene rings is 3. The molecule has 4 aromatic rings. The Labute approximate surface area is 269 Å². The van der Waals surface area contributed by atoms with E-state index in [1.54, 1.807) is 4.90 Å². The molecule has 4 heterocycles. The fraction of sp³-hybridized carbons (Fsp3) is 0.351. The minimum Gasteiger partial charge on any atom is -0.424 e. The van der Waals surface area contributed by atoms with Crippen LogP contribution in [-0.4, -0.2) is 69.8 Å². The molecule has 0 radical (unpaired) electrons. The van der Waals surface area contributed by atoms with Crippen molar-refractivity contribution in [3.63, 3.8) is 0 Å². The number of hydrogen-bond acceptors (Lipinski definition) is 8. The normalized spacial score (nSPS) is 20.8. The van der Waals surface area contributed by atoms with Crippen LogP contribution in [-0.2, 0) is 37.3 Å². The second kappa shape index (κ2) is 11.5. The Bertz CT molecular complexity index is 1910. The van der Waals surface area contributed by atoms with Crippen molar-refractivity contribution >= 4 is 22.5 Å². The molecule has 0 bridgehead atoms. The number of piperazine rings is 1. The van der Waals surface area contributed by atoms with Gasteiger partial charge >= 0.3 is 6.01 Å². The number of amides is 1. The summed E-state index contributed by atoms with van der Waals surface area (Å²) < 4.78 is 6.56. The highest BCUT2D eigenvalue weighted by molar-refractivity contribution is 5.91. The van der Waals surface area contributed by atoms with Crippen LogP contribution in [0.25, 0.3) is 10.8 Å². The van der Waals surface area contributed by atoms with Crippen molar-refractivity contribution in [1.82, 2.24) is 24.7 Å². The maximum atomic E-state index is 12.7. The molecule has 2 atom stereocenters. The van der Waals surface area contributed by atoms with Crippen LogP contribution in [0.1, 0.15) is 46.0 Å². The van der Waals surface area contributed by atoms with Crippen LogP contribution >= 0.6 is 0 Å². The number of ether oxygens (including phenoxy) is 1. The van der Waals surface area contributed by atoms with Gasteiger partial charge in [0.15, 0.2) is 0 Å². The standard InChI is InChI=1S/C37H37N7O2/c1-3-34(45)44-18-17-42(21-27(44)13-15-38)36-30-22-43(32-19-25-9-4-7-24-8-5-11-29(32)35(24)25)23-31(30)39-37(40-36)46-33-12-6-10-26-20-41(2)16-14-28(26)33/h3-12,27,32H,1,13-14,16-23H2,2H3/t27-,32?/m0/s1. The van der Waals surface area contributed by atoms with Crippen molar-refractivity contribution in [1.29, 1.82) is 5.26 Å². The Hall–Kier alpha value is -4.78. The Kier molecular flexibility index (Phi) is 7.19. The van der Waals surface area contributed by atoms with Crippen LogP contribution in [0.3, 0.4) is 0 Å². The van der Waals surface area contributed by atoms with Gasteiger partial charge in [0.25, 0.3) is 0 Å². The van der Waals surface area contributed by atoms with Gasteiger partial charge in [-0.05, 0) is 59.5 Å². The van der Waals surface area contributed by atoms with Crippen LogP contribution in [0.15, 0.2) is 67.3 Å². The summed E-state index contributed by atoms with van der Waals surface area (Å²) in [4.78, 5) is 31.7. The van der Waals surface area contributed by atoms with Gasteiger partial charge in [0, 0.05) is 63.0 Å². The van der Waals surface area contributed by atoms with Crippen molar-refractivity contribution in [3.8, 4) is 17.8 Å². The molecule has 0 saturated carbocycles. The summed E-state index contributed by atoms with van der Waals surface area (Å²) in [6.45, 7) is 8.58. The fourth-order valence-corrected chi connectivity index (χ4v) is 7.95. The summed E-state index contributed by atoms with van der Waals surface area (Å²) in [6.07, 6.45) is 3.46. The van der Waals surface area contributed by atoms with Gasteiger partial charge in [0.1, 0.15) is 11.6 Å². The van der Waals surface area contributed by atoms with Gasteiger partial charge in [-0.25, -0.2) is 0 Å². The molecular weight excluding hydrogens is 574 g/mol. The van der Waals surface area contributed by atoms with E-state index in [0.29, 0.717) is 32.2 Å². The quantitative estimate of drug-likeness (QED) is 0.277. The number of carbonyl (C=O) groups is 1. The van der Waals surface area contributed by atoms with Gasteiger partial charge in [-0.15, -0.1) is 0 Å². The first-order chi connectivity index (χ1) is 22.5. The third-order valence-electron chi connectivity index (χ3n) is 10.2. The van der Waals surface area contributed by atoms with E-state index in [-0.39, 0.29) is 24.4 Å². The number of aromatic nitrogens is 2. The summed E-state index contributed by atoms with van der Waals surface area (Å²) in [5.74, 6) is 1.51. The first-order valence-corrected chi connectivity index (χ1v) is 16.2. The second-order valence-electron chi connectivity index (χ2n) is 12.9. The van der Waals surface area contributed by atoms with Gasteiger partial charge < -0.3 is 19.4 Å². The molecule has 3 aromatic carbocycles. The third-order valence-corrected chi connectivity index (χ3v) is 10.2. The van der Waals surface area contributed by atoms with E-state index in [0.717, 1.165) is 55.3 Å². The largest absolute Gasteiger partial charge is 0.424 e. The second-order valence-corrected chi connectivity index (χ2v) is 12.9. The Balaban J connectivity index is 1.16. The topological polar surface area (TPSA) is 88.8 Å². The average molecular weight is 612 g/mol. The molecule has 1 aromatic heterocycles. The molecule has 1 unspecified atom stereocenters. The van der Waals surface area contributed by atoms with E-state index in [1.807, 2.05) is 12.1 Å². The lowest BCUT2D eigenvalue weighted by atomic mass is 9.99. The van der Waals surface area contributed by atoms with E-state index < -0.39 is 0 Å². The van der Waals surface area contributed by atoms with E-state index in [2.05, 4.69) is 76.9 Å². The smallest absolute Gasteiger partial charge is 0.324 e. The number of hydrogen-bond donors (Lipinski definition) is 0. The highest BCUT2D eigenvalue weighted by atomic mass is 16.5. The SMILES string of the molecule is C=CC(=O)N1CCN(c2nc(Oc3cccc4c3CCN(C)C4)nc3c2CN(C2Cc4cccc5cccc2c45)C3)C[C@@H]1CC#N. The van der Waals surface area contributed by atoms with Gasteiger partial charge in [-0.2, -0.15) is 15.2 Å². The molecular formula is C37H37N7O2. The van der Waals surface area contributed by atoms with E-state index in [9.17, 15) is 10.1 Å². The lowest BCUT2D eigenvalue weighted by molar-refractivity contribution is -0.128. The van der Waals surface area contributed by atoms with E-state index in [1.165, 1.54) is 39.1 Å². The molecule has 4 aliphatic rings. The average Bonchev–Trinajstić information content (AvgIpc) is 3.67. The van der Waals surface area contributed by atoms with Gasteiger partial charge in [-0.3, -0.25) is 9.69 Å². The summed E-state index contributed by atoms with van der Waals surface area (Å²) in [6, 6.07) is 22.1. The number of carbonyl (C=O) groups excluding carboxylic acids is 1. The first-order valence-electron chi connectivity index (χ1n) is 16.2. The number of nitrogens with zero attached hydrogens (tertiary/aromatic N) is 7. The van der Waals surface area contributed by atoms with Crippen molar-refractivity contribution in [2.45, 2.75) is 51.0 Å². The fourth-order valence-electron chi connectivity index (χ4n) is 7.95. The molecule has 46 heavy (non-hydrogen) atoms.